The van der Waals surface area contributed by atoms with Crippen molar-refractivity contribution in [1.82, 2.24) is 10.2 Å². The normalized spacial score (nSPS) is 13.5. The van der Waals surface area contributed by atoms with Crippen LogP contribution in [0.5, 0.6) is 0 Å². The Morgan fingerprint density at radius 2 is 1.59 bits per heavy atom. The lowest BCUT2D eigenvalue weighted by atomic mass is 9.87. The van der Waals surface area contributed by atoms with Crippen molar-refractivity contribution in [3.8, 4) is 11.1 Å². The van der Waals surface area contributed by atoms with Gasteiger partial charge in [0.05, 0.1) is 0 Å². The summed E-state index contributed by atoms with van der Waals surface area (Å²) in [5.74, 6) is -1.22. The number of carboxylic acids is 1. The first kappa shape index (κ1) is 25.3. The number of fused-ring (bicyclic) bond motifs is 3. The van der Waals surface area contributed by atoms with Gasteiger partial charge in [0, 0.05) is 25.9 Å². The van der Waals surface area contributed by atoms with Crippen LogP contribution < -0.4 is 5.32 Å². The fourth-order valence-electron chi connectivity index (χ4n) is 4.44. The zero-order valence-electron chi connectivity index (χ0n) is 20.3. The lowest BCUT2D eigenvalue weighted by Crippen LogP contribution is -2.49. The van der Waals surface area contributed by atoms with Crippen molar-refractivity contribution in [3.05, 3.63) is 59.7 Å². The minimum atomic E-state index is -0.899. The Labute approximate surface area is 201 Å². The van der Waals surface area contributed by atoms with Gasteiger partial charge in [0.1, 0.15) is 12.6 Å². The quantitative estimate of drug-likeness (QED) is 0.561. The summed E-state index contributed by atoms with van der Waals surface area (Å²) in [6.45, 7) is 6.47. The van der Waals surface area contributed by atoms with E-state index in [-0.39, 0.29) is 30.3 Å². The van der Waals surface area contributed by atoms with Crippen LogP contribution >= 0.6 is 0 Å². The lowest BCUT2D eigenvalue weighted by molar-refractivity contribution is -0.138. The molecule has 7 heteroatoms. The zero-order chi connectivity index (χ0) is 24.9. The van der Waals surface area contributed by atoms with Crippen LogP contribution in [0.4, 0.5) is 4.79 Å². The molecule has 7 nitrogen and oxygen atoms in total. The number of carboxylic acid groups (broad SMARTS) is 1. The number of aliphatic carboxylic acids is 1. The largest absolute Gasteiger partial charge is 0.481 e. The highest BCUT2D eigenvalue weighted by Gasteiger charge is 2.31. The molecule has 1 aliphatic carbocycles. The Morgan fingerprint density at radius 1 is 1.03 bits per heavy atom. The van der Waals surface area contributed by atoms with Gasteiger partial charge in [-0.2, -0.15) is 0 Å². The fourth-order valence-corrected chi connectivity index (χ4v) is 4.44. The van der Waals surface area contributed by atoms with Crippen LogP contribution in [0, 0.1) is 5.41 Å². The highest BCUT2D eigenvalue weighted by Crippen LogP contribution is 2.44. The van der Waals surface area contributed by atoms with Crippen molar-refractivity contribution in [2.75, 3.05) is 20.2 Å². The number of benzene rings is 2. The van der Waals surface area contributed by atoms with Crippen LogP contribution in [-0.2, 0) is 14.3 Å². The van der Waals surface area contributed by atoms with Crippen LogP contribution in [0.25, 0.3) is 11.1 Å². The molecule has 0 aromatic heterocycles. The molecule has 2 amide bonds. The van der Waals surface area contributed by atoms with E-state index >= 15 is 0 Å². The molecular formula is C27H34N2O5. The fraction of sp³-hybridized carbons (Fsp3) is 0.444. The van der Waals surface area contributed by atoms with E-state index in [2.05, 4.69) is 29.6 Å². The van der Waals surface area contributed by atoms with Gasteiger partial charge >= 0.3 is 12.1 Å². The van der Waals surface area contributed by atoms with E-state index in [1.54, 1.807) is 7.05 Å². The van der Waals surface area contributed by atoms with Gasteiger partial charge in [-0.25, -0.2) is 4.79 Å². The molecule has 182 valence electrons. The van der Waals surface area contributed by atoms with Crippen LogP contribution in [0.2, 0.25) is 0 Å². The number of carbonyl (C=O) groups is 3. The molecule has 0 heterocycles. The predicted molar refractivity (Wildman–Crippen MR) is 131 cm³/mol. The van der Waals surface area contributed by atoms with Crippen LogP contribution in [0.1, 0.15) is 57.1 Å². The molecule has 34 heavy (non-hydrogen) atoms. The van der Waals surface area contributed by atoms with Gasteiger partial charge in [0.2, 0.25) is 5.91 Å². The summed E-state index contributed by atoms with van der Waals surface area (Å²) in [6, 6.07) is 15.5. The summed E-state index contributed by atoms with van der Waals surface area (Å²) < 4.78 is 5.63. The molecule has 1 unspecified atom stereocenters. The summed E-state index contributed by atoms with van der Waals surface area (Å²) in [7, 11) is 1.62. The number of amides is 2. The van der Waals surface area contributed by atoms with Gasteiger partial charge in [0.15, 0.2) is 0 Å². The first-order valence-corrected chi connectivity index (χ1v) is 11.6. The number of alkyl carbamates (subject to hydrolysis) is 1. The Balaban J connectivity index is 1.65. The Hall–Kier alpha value is -3.35. The Bertz CT molecular complexity index is 998. The first-order chi connectivity index (χ1) is 16.1. The third-order valence-corrected chi connectivity index (χ3v) is 6.01. The third-order valence-electron chi connectivity index (χ3n) is 6.01. The van der Waals surface area contributed by atoms with E-state index in [9.17, 15) is 14.4 Å². The molecule has 0 radical (unpaired) electrons. The summed E-state index contributed by atoms with van der Waals surface area (Å²) >= 11 is 0. The Kier molecular flexibility index (Phi) is 7.97. The smallest absolute Gasteiger partial charge is 0.407 e. The number of rotatable bonds is 9. The molecule has 2 aromatic rings. The third kappa shape index (κ3) is 6.37. The molecule has 2 N–H and O–H groups in total. The molecule has 1 atom stereocenters. The zero-order valence-corrected chi connectivity index (χ0v) is 20.3. The van der Waals surface area contributed by atoms with Crippen molar-refractivity contribution >= 4 is 18.0 Å². The number of ether oxygens (including phenoxy) is 1. The van der Waals surface area contributed by atoms with Gasteiger partial charge in [-0.05, 0) is 40.5 Å². The number of carbonyl (C=O) groups excluding carboxylic acids is 2. The topological polar surface area (TPSA) is 95.9 Å². The maximum Gasteiger partial charge on any atom is 0.407 e. The van der Waals surface area contributed by atoms with Gasteiger partial charge < -0.3 is 20.1 Å². The maximum atomic E-state index is 13.0. The SMILES string of the molecule is CN(CCCC(=O)O)C(=O)C(CC(C)(C)C)NC(=O)OCC1c2ccccc2-c2ccccc21. The number of nitrogens with zero attached hydrogens (tertiary/aromatic N) is 1. The van der Waals surface area contributed by atoms with Crippen LogP contribution in [0.3, 0.4) is 0 Å². The number of hydrogen-bond donors (Lipinski definition) is 2. The average Bonchev–Trinajstić information content (AvgIpc) is 3.09. The maximum absolute atomic E-state index is 13.0. The van der Waals surface area contributed by atoms with E-state index in [1.165, 1.54) is 4.90 Å². The highest BCUT2D eigenvalue weighted by molar-refractivity contribution is 5.85. The van der Waals surface area contributed by atoms with Crippen molar-refractivity contribution in [2.24, 2.45) is 5.41 Å². The predicted octanol–water partition coefficient (Wildman–Crippen LogP) is 4.65. The van der Waals surface area contributed by atoms with E-state index in [4.69, 9.17) is 9.84 Å². The highest BCUT2D eigenvalue weighted by atomic mass is 16.5. The molecule has 0 spiro atoms. The standard InChI is InChI=1S/C27H34N2O5/c1-27(2,3)16-23(25(32)29(4)15-9-14-24(30)31)28-26(33)34-17-22-20-12-7-5-10-18(20)19-11-6-8-13-21(19)22/h5-8,10-13,22-23H,9,14-17H2,1-4H3,(H,28,33)(H,30,31). The minimum Gasteiger partial charge on any atom is -0.481 e. The Morgan fingerprint density at radius 3 is 2.12 bits per heavy atom. The van der Waals surface area contributed by atoms with Gasteiger partial charge in [-0.15, -0.1) is 0 Å². The second-order valence-electron chi connectivity index (χ2n) is 10.0. The second kappa shape index (κ2) is 10.7. The van der Waals surface area contributed by atoms with E-state index < -0.39 is 18.1 Å². The lowest BCUT2D eigenvalue weighted by Gasteiger charge is -2.29. The molecular weight excluding hydrogens is 432 g/mol. The minimum absolute atomic E-state index is 0.0125. The van der Waals surface area contributed by atoms with Crippen LogP contribution in [-0.4, -0.2) is 54.2 Å². The van der Waals surface area contributed by atoms with Crippen LogP contribution in [0.15, 0.2) is 48.5 Å². The van der Waals surface area contributed by atoms with E-state index in [0.717, 1.165) is 22.3 Å². The van der Waals surface area contributed by atoms with Crippen molar-refractivity contribution < 1.29 is 24.2 Å². The summed E-state index contributed by atoms with van der Waals surface area (Å²) in [5, 5.41) is 11.6. The summed E-state index contributed by atoms with van der Waals surface area (Å²) in [4.78, 5) is 38.0. The molecule has 0 aliphatic heterocycles. The summed E-state index contributed by atoms with van der Waals surface area (Å²) in [5.41, 5.74) is 4.33. The summed E-state index contributed by atoms with van der Waals surface area (Å²) in [6.07, 6.45) is 0.134. The molecule has 0 saturated carbocycles. The van der Waals surface area contributed by atoms with Gasteiger partial charge in [0.25, 0.3) is 0 Å². The molecule has 0 bridgehead atoms. The van der Waals surface area contributed by atoms with Crippen molar-refractivity contribution in [1.29, 1.82) is 0 Å². The molecule has 0 fully saturated rings. The van der Waals surface area contributed by atoms with Gasteiger partial charge in [-0.1, -0.05) is 69.3 Å². The number of hydrogen-bond acceptors (Lipinski definition) is 4. The van der Waals surface area contributed by atoms with E-state index in [1.807, 2.05) is 45.0 Å². The second-order valence-corrected chi connectivity index (χ2v) is 10.0. The van der Waals surface area contributed by atoms with Gasteiger partial charge in [-0.3, -0.25) is 9.59 Å². The molecule has 3 rings (SSSR count). The van der Waals surface area contributed by atoms with E-state index in [0.29, 0.717) is 19.4 Å². The molecule has 0 saturated heterocycles. The average molecular weight is 467 g/mol. The molecule has 2 aromatic carbocycles. The van der Waals surface area contributed by atoms with Crippen molar-refractivity contribution in [3.63, 3.8) is 0 Å². The molecule has 1 aliphatic rings. The monoisotopic (exact) mass is 466 g/mol. The number of likely N-dealkylation sites (N-methyl/N-ethyl adjacent to an activating group) is 1. The first-order valence-electron chi connectivity index (χ1n) is 11.6. The number of nitrogens with one attached hydrogen (secondary N) is 1. The van der Waals surface area contributed by atoms with Crippen molar-refractivity contribution in [2.45, 2.75) is 52.0 Å².